The summed E-state index contributed by atoms with van der Waals surface area (Å²) in [5.41, 5.74) is 10.6. The second-order valence-corrected chi connectivity index (χ2v) is 25.6. The number of nitrogens with zero attached hydrogens (tertiary/aromatic N) is 5. The first kappa shape index (κ1) is 71.4. The van der Waals surface area contributed by atoms with E-state index in [2.05, 4.69) is 28.8 Å². The van der Waals surface area contributed by atoms with Crippen LogP contribution < -0.4 is 40.2 Å². The number of methoxy groups -OCH3 is 2. The molecule has 24 nitrogen and oxygen atoms in total. The van der Waals surface area contributed by atoms with Crippen LogP contribution in [0.1, 0.15) is 114 Å². The summed E-state index contributed by atoms with van der Waals surface area (Å²) in [4.78, 5) is 131. The Balaban J connectivity index is 0.775. The van der Waals surface area contributed by atoms with Crippen LogP contribution in [0, 0.1) is 5.92 Å². The number of imide groups is 1. The van der Waals surface area contributed by atoms with E-state index in [1.54, 1.807) is 53.8 Å². The number of aliphatic hydroxyl groups excluding tert-OH is 1. The van der Waals surface area contributed by atoms with Gasteiger partial charge in [-0.25, -0.2) is 9.69 Å². The van der Waals surface area contributed by atoms with Gasteiger partial charge in [0.15, 0.2) is 35.0 Å². The lowest BCUT2D eigenvalue weighted by Gasteiger charge is -2.31. The molecule has 4 aromatic carbocycles. The van der Waals surface area contributed by atoms with E-state index in [-0.39, 0.29) is 155 Å². The third kappa shape index (κ3) is 18.1. The van der Waals surface area contributed by atoms with Gasteiger partial charge in [0.05, 0.1) is 86.5 Å². The van der Waals surface area contributed by atoms with E-state index in [0.717, 1.165) is 20.9 Å². The van der Waals surface area contributed by atoms with Crippen molar-refractivity contribution in [3.05, 3.63) is 131 Å². The van der Waals surface area contributed by atoms with Crippen LogP contribution >= 0.6 is 11.8 Å². The number of ketones is 2. The Kier molecular flexibility index (Phi) is 25.4. The highest BCUT2D eigenvalue weighted by Gasteiger charge is 2.47. The number of thioether (sulfide) groups is 1. The fraction of sp³-hybridized carbons (Fsp3) is 0.465. The first-order valence-corrected chi connectivity index (χ1v) is 33.9. The van der Waals surface area contributed by atoms with Crippen LogP contribution in [0.25, 0.3) is 0 Å². The van der Waals surface area contributed by atoms with Crippen LogP contribution in [0.5, 0.6) is 23.0 Å². The predicted molar refractivity (Wildman–Crippen MR) is 360 cm³/mol. The first-order valence-electron chi connectivity index (χ1n) is 32.6. The summed E-state index contributed by atoms with van der Waals surface area (Å²) in [6.45, 7) is 9.78. The summed E-state index contributed by atoms with van der Waals surface area (Å²) in [6.07, 6.45) is 5.53. The number of ether oxygens (including phenoxy) is 6. The van der Waals surface area contributed by atoms with Crippen molar-refractivity contribution in [1.29, 1.82) is 0 Å². The number of likely N-dealkylation sites (tertiary alicyclic amines) is 1. The number of nitrogens with one attached hydrogen (secondary N) is 2. The van der Waals surface area contributed by atoms with E-state index in [1.165, 1.54) is 43.0 Å². The Morgan fingerprint density at radius 3 is 2.12 bits per heavy atom. The zero-order valence-corrected chi connectivity index (χ0v) is 55.5. The van der Waals surface area contributed by atoms with E-state index in [1.807, 2.05) is 30.3 Å². The topological polar surface area (TPSA) is 305 Å². The molecule has 4 aromatic rings. The van der Waals surface area contributed by atoms with Gasteiger partial charge in [0.2, 0.25) is 23.6 Å². The van der Waals surface area contributed by atoms with Crippen LogP contribution in [0.3, 0.4) is 0 Å². The molecule has 0 aromatic heterocycles. The van der Waals surface area contributed by atoms with Gasteiger partial charge in [0, 0.05) is 82.5 Å². The molecule has 5 heterocycles. The maximum atomic E-state index is 14.4. The average molecular weight is 1340 g/mol. The van der Waals surface area contributed by atoms with Gasteiger partial charge in [-0.1, -0.05) is 78.9 Å². The molecule has 25 heteroatoms. The normalized spacial score (nSPS) is 18.6. The van der Waals surface area contributed by atoms with E-state index in [0.29, 0.717) is 104 Å². The zero-order valence-electron chi connectivity index (χ0n) is 54.7. The number of amides is 7. The van der Waals surface area contributed by atoms with E-state index >= 15 is 0 Å². The van der Waals surface area contributed by atoms with Gasteiger partial charge in [-0.2, -0.15) is 11.8 Å². The summed E-state index contributed by atoms with van der Waals surface area (Å²) in [5.74, 6) is -1.89. The van der Waals surface area contributed by atoms with E-state index in [9.17, 15) is 48.3 Å². The van der Waals surface area contributed by atoms with Crippen molar-refractivity contribution in [3.63, 3.8) is 0 Å². The molecule has 5 aliphatic rings. The van der Waals surface area contributed by atoms with Gasteiger partial charge in [-0.05, 0) is 99.4 Å². The molecule has 0 spiro atoms. The van der Waals surface area contributed by atoms with Gasteiger partial charge >= 0.3 is 6.09 Å². The third-order valence-corrected chi connectivity index (χ3v) is 18.6. The number of carbonyl (C=O) groups is 9. The van der Waals surface area contributed by atoms with Crippen LogP contribution in [0.15, 0.2) is 108 Å². The second kappa shape index (κ2) is 34.2. The van der Waals surface area contributed by atoms with Crippen molar-refractivity contribution in [2.45, 2.75) is 126 Å². The number of carbonyl (C=O) groups excluding carboxylic acids is 9. The van der Waals surface area contributed by atoms with Crippen molar-refractivity contribution < 1.29 is 76.7 Å². The first-order chi connectivity index (χ1) is 46.4. The van der Waals surface area contributed by atoms with Crippen LogP contribution in [-0.4, -0.2) is 188 Å². The molecule has 0 aliphatic carbocycles. The summed E-state index contributed by atoms with van der Waals surface area (Å²) >= 11 is 1.31. The SMILES string of the molecule is C=C1C[C@H]2C=Nc3cc(OCCCCCOc4cc5c(cc4OC)C(=O)N4CC(=C)C[C@H]4[C@H](O)N5C(=O)OCc4ccc(CC(=O)[C@H](CCCCN)NC(=O)[C@@H](CC(=O)CCOCCNC(=O)CCN5C(=O)CC(SC)C5=O)Cc5ccccc5)cc4)c(OC)cc3C(=O)N2C1. The Morgan fingerprint density at radius 1 is 0.750 bits per heavy atom. The molecule has 0 radical (unpaired) electrons. The number of aliphatic imine (C=N–C) groups is 1. The minimum atomic E-state index is -1.54. The van der Waals surface area contributed by atoms with E-state index in [4.69, 9.17) is 34.2 Å². The molecule has 0 saturated carbocycles. The zero-order chi connectivity index (χ0) is 68.4. The number of hydrogen-bond acceptors (Lipinski definition) is 19. The monoisotopic (exact) mass is 1340 g/mol. The van der Waals surface area contributed by atoms with Crippen molar-refractivity contribution in [3.8, 4) is 23.0 Å². The standard InChI is InChI=1S/C71H86N8O16S/c1-44-30-50-40-74-55-37-61(59(90-3)35-52(55)67(85)77(50)41-44)93-26-12-7-13-27-94-62-38-56-53(36-60(62)91-4)68(86)78-42-45(2)31-57(78)69(87)79(56)71(89)95-43-48-19-17-47(18-20-48)33-58(81)54(16-10-11-23-72)75-66(84)49(32-46-14-8-6-9-15-46)34-51(80)22-28-92-29-24-73-64(82)21-25-76-65(83)39-63(96-5)70(76)88/h6,8-9,14-15,17-20,35-38,40,49-50,54,57,63,69,87H,1-2,7,10-13,16,21-34,39,41-43,72H2,3-5H3,(H,73,82)(H,75,84)/t49-,50+,54+,57+,63?,69+/m1/s1. The number of unbranched alkanes of at least 4 members (excludes halogenated alkanes) is 3. The smallest absolute Gasteiger partial charge is 0.416 e. The summed E-state index contributed by atoms with van der Waals surface area (Å²) in [5, 5.41) is 17.3. The van der Waals surface area contributed by atoms with Gasteiger partial charge in [-0.3, -0.25) is 48.2 Å². The van der Waals surface area contributed by atoms with E-state index < -0.39 is 47.4 Å². The number of fused-ring (bicyclic) bond motifs is 4. The van der Waals surface area contributed by atoms with Gasteiger partial charge in [0.1, 0.15) is 12.4 Å². The summed E-state index contributed by atoms with van der Waals surface area (Å²) in [7, 11) is 2.96. The maximum Gasteiger partial charge on any atom is 0.416 e. The Hall–Kier alpha value is -8.91. The molecule has 1 unspecified atom stereocenters. The third-order valence-electron chi connectivity index (χ3n) is 17.6. The Bertz CT molecular complexity index is 3570. The molecule has 512 valence electrons. The number of nitrogens with two attached hydrogens (primary N) is 1. The maximum absolute atomic E-state index is 14.4. The lowest BCUT2D eigenvalue weighted by atomic mass is 9.91. The van der Waals surface area contributed by atoms with Crippen LogP contribution in [0.4, 0.5) is 16.2 Å². The minimum Gasteiger partial charge on any atom is -0.493 e. The number of hydrogen-bond donors (Lipinski definition) is 4. The van der Waals surface area contributed by atoms with Crippen LogP contribution in [-0.2, 0) is 57.7 Å². The van der Waals surface area contributed by atoms with Crippen molar-refractivity contribution >= 4 is 82.5 Å². The lowest BCUT2D eigenvalue weighted by molar-refractivity contribution is -0.138. The predicted octanol–water partition coefficient (Wildman–Crippen LogP) is 7.01. The fourth-order valence-electron chi connectivity index (χ4n) is 12.4. The van der Waals surface area contributed by atoms with Crippen molar-refractivity contribution in [2.24, 2.45) is 16.6 Å². The summed E-state index contributed by atoms with van der Waals surface area (Å²) in [6, 6.07) is 20.6. The lowest BCUT2D eigenvalue weighted by Crippen LogP contribution is -2.50. The molecule has 96 heavy (non-hydrogen) atoms. The largest absolute Gasteiger partial charge is 0.493 e. The average Bonchev–Trinajstić information content (AvgIpc) is 1.55. The molecule has 0 bridgehead atoms. The highest BCUT2D eigenvalue weighted by atomic mass is 32.2. The number of aliphatic hydroxyl groups is 1. The number of Topliss-reactive ketones (excluding diaryl/α,β-unsaturated/α-hetero) is 2. The molecule has 7 amide bonds. The minimum absolute atomic E-state index is 0.000550. The molecule has 5 N–H and O–H groups in total. The molecule has 9 rings (SSSR count). The Labute approximate surface area is 563 Å². The molecule has 5 aliphatic heterocycles. The molecule has 6 atom stereocenters. The highest BCUT2D eigenvalue weighted by molar-refractivity contribution is 8.00. The Morgan fingerprint density at radius 2 is 1.43 bits per heavy atom. The van der Waals surface area contributed by atoms with Crippen LogP contribution in [0.2, 0.25) is 0 Å². The number of benzene rings is 4. The fourth-order valence-corrected chi connectivity index (χ4v) is 13.0. The molecule has 3 fully saturated rings. The second-order valence-electron chi connectivity index (χ2n) is 24.5. The summed E-state index contributed by atoms with van der Waals surface area (Å²) < 4.78 is 35.3. The number of anilines is 1. The highest BCUT2D eigenvalue weighted by Crippen LogP contribution is 2.43. The van der Waals surface area contributed by atoms with Crippen molar-refractivity contribution in [1.82, 2.24) is 25.3 Å². The van der Waals surface area contributed by atoms with Crippen molar-refractivity contribution in [2.75, 3.05) is 84.5 Å². The molecular weight excluding hydrogens is 1250 g/mol. The van der Waals surface area contributed by atoms with Gasteiger partial charge in [-0.15, -0.1) is 0 Å². The van der Waals surface area contributed by atoms with Gasteiger partial charge in [0.25, 0.3) is 11.8 Å². The quantitative estimate of drug-likeness (QED) is 0.0204. The molecule has 3 saturated heterocycles. The number of rotatable bonds is 35. The van der Waals surface area contributed by atoms with Gasteiger partial charge < -0.3 is 59.7 Å². The molecular formula is C71H86N8O16S.